The van der Waals surface area contributed by atoms with Crippen molar-refractivity contribution >= 4 is 18.4 Å². The Morgan fingerprint density at radius 1 is 1.27 bits per heavy atom. The number of rotatable bonds is 6. The van der Waals surface area contributed by atoms with E-state index in [1.807, 2.05) is 0 Å². The molecule has 0 aliphatic rings. The first-order valence-electron chi connectivity index (χ1n) is 4.11. The molecule has 2 nitrogen and oxygen atoms in total. The lowest BCUT2D eigenvalue weighted by molar-refractivity contribution is 0.730. The van der Waals surface area contributed by atoms with E-state index in [9.17, 15) is 0 Å². The van der Waals surface area contributed by atoms with Gasteiger partial charge in [0, 0.05) is 25.4 Å². The highest BCUT2D eigenvalue weighted by Gasteiger charge is 2.11. The quantitative estimate of drug-likeness (QED) is 0.489. The van der Waals surface area contributed by atoms with Gasteiger partial charge in [-0.25, -0.2) is 0 Å². The molecule has 0 saturated heterocycles. The number of hydrogen-bond acceptors (Lipinski definition) is 3. The summed E-state index contributed by atoms with van der Waals surface area (Å²) in [4.78, 5) is 0. The van der Waals surface area contributed by atoms with Crippen LogP contribution in [0.1, 0.15) is 0 Å². The Kier molecular flexibility index (Phi) is 6.32. The molecule has 0 heterocycles. The maximum Gasteiger partial charge on any atom is 0.108 e. The van der Waals surface area contributed by atoms with Gasteiger partial charge in [-0.3, -0.25) is 0 Å². The highest BCUT2D eigenvalue weighted by molar-refractivity contribution is 8.28. The largest absolute Gasteiger partial charge is 0.329 e. The van der Waals surface area contributed by atoms with Gasteiger partial charge in [-0.2, -0.15) is 11.2 Å². The van der Waals surface area contributed by atoms with Crippen LogP contribution in [0.25, 0.3) is 0 Å². The third-order valence-electron chi connectivity index (χ3n) is 1.14. The molecule has 0 amide bonds. The van der Waals surface area contributed by atoms with Crippen LogP contribution in [0.5, 0.6) is 0 Å². The Hall–Kier alpha value is 0.487. The van der Waals surface area contributed by atoms with Gasteiger partial charge in [0.25, 0.3) is 0 Å². The molecule has 0 saturated carbocycles. The fourth-order valence-corrected chi connectivity index (χ4v) is 3.66. The van der Waals surface area contributed by atoms with Crippen molar-refractivity contribution in [2.75, 3.05) is 25.4 Å². The SMILES string of the molecule is C[Si](C)(C)SCCNCCN. The van der Waals surface area contributed by atoms with Crippen molar-refractivity contribution in [3.63, 3.8) is 0 Å². The van der Waals surface area contributed by atoms with Crippen molar-refractivity contribution in [2.45, 2.75) is 19.6 Å². The normalized spacial score (nSPS) is 12.0. The van der Waals surface area contributed by atoms with Gasteiger partial charge in [-0.05, 0) is 0 Å². The highest BCUT2D eigenvalue weighted by Crippen LogP contribution is 2.17. The lowest BCUT2D eigenvalue weighted by Gasteiger charge is -2.14. The van der Waals surface area contributed by atoms with Crippen LogP contribution in [0.3, 0.4) is 0 Å². The molecule has 0 bridgehead atoms. The molecule has 3 N–H and O–H groups in total. The highest BCUT2D eigenvalue weighted by atomic mass is 32.4. The number of nitrogens with one attached hydrogen (secondary N) is 1. The summed E-state index contributed by atoms with van der Waals surface area (Å²) in [5, 5.41) is 3.28. The first-order chi connectivity index (χ1) is 5.06. The van der Waals surface area contributed by atoms with Crippen molar-refractivity contribution in [1.82, 2.24) is 5.32 Å². The predicted molar refractivity (Wildman–Crippen MR) is 57.7 cm³/mol. The van der Waals surface area contributed by atoms with E-state index in [1.54, 1.807) is 0 Å². The topological polar surface area (TPSA) is 38.0 Å². The monoisotopic (exact) mass is 192 g/mol. The van der Waals surface area contributed by atoms with Crippen LogP contribution in [-0.4, -0.2) is 32.6 Å². The van der Waals surface area contributed by atoms with Gasteiger partial charge >= 0.3 is 0 Å². The minimum Gasteiger partial charge on any atom is -0.329 e. The second kappa shape index (κ2) is 6.05. The molecule has 0 aliphatic carbocycles. The molecule has 68 valence electrons. The first kappa shape index (κ1) is 11.5. The fraction of sp³-hybridized carbons (Fsp3) is 1.00. The van der Waals surface area contributed by atoms with Gasteiger partial charge in [0.1, 0.15) is 7.22 Å². The zero-order chi connectivity index (χ0) is 8.74. The van der Waals surface area contributed by atoms with Crippen LogP contribution in [0, 0.1) is 0 Å². The molecule has 0 rings (SSSR count). The average molecular weight is 192 g/mol. The summed E-state index contributed by atoms with van der Waals surface area (Å²) in [6.07, 6.45) is 0. The molecule has 0 fully saturated rings. The van der Waals surface area contributed by atoms with Gasteiger partial charge < -0.3 is 11.1 Å². The van der Waals surface area contributed by atoms with Crippen molar-refractivity contribution < 1.29 is 0 Å². The number of nitrogens with two attached hydrogens (primary N) is 1. The minimum absolute atomic E-state index is 0.748. The van der Waals surface area contributed by atoms with Gasteiger partial charge in [0.15, 0.2) is 0 Å². The Labute approximate surface area is 75.0 Å². The van der Waals surface area contributed by atoms with Crippen molar-refractivity contribution in [3.05, 3.63) is 0 Å². The van der Waals surface area contributed by atoms with E-state index >= 15 is 0 Å². The van der Waals surface area contributed by atoms with Crippen LogP contribution < -0.4 is 11.1 Å². The fourth-order valence-electron chi connectivity index (χ4n) is 0.656. The zero-order valence-corrected chi connectivity index (χ0v) is 9.63. The van der Waals surface area contributed by atoms with E-state index < -0.39 is 7.22 Å². The summed E-state index contributed by atoms with van der Waals surface area (Å²) in [6, 6.07) is 0. The van der Waals surface area contributed by atoms with Gasteiger partial charge in [-0.15, -0.1) is 0 Å². The third-order valence-corrected chi connectivity index (χ3v) is 5.62. The van der Waals surface area contributed by atoms with Gasteiger partial charge in [-0.1, -0.05) is 19.6 Å². The summed E-state index contributed by atoms with van der Waals surface area (Å²) in [5.74, 6) is 1.23. The van der Waals surface area contributed by atoms with Crippen LogP contribution >= 0.6 is 11.2 Å². The Bertz CT molecular complexity index is 92.9. The smallest absolute Gasteiger partial charge is 0.108 e. The predicted octanol–water partition coefficient (Wildman–Crippen LogP) is 1.10. The molecule has 11 heavy (non-hydrogen) atoms. The molecular formula is C7H20N2SSi. The van der Waals surface area contributed by atoms with E-state index in [2.05, 4.69) is 36.2 Å². The lowest BCUT2D eigenvalue weighted by Crippen LogP contribution is -2.26. The first-order valence-corrected chi connectivity index (χ1v) is 9.32. The molecule has 0 unspecified atom stereocenters. The summed E-state index contributed by atoms with van der Waals surface area (Å²) in [5.41, 5.74) is 5.34. The molecule has 0 aromatic rings. The van der Waals surface area contributed by atoms with Crippen molar-refractivity contribution in [2.24, 2.45) is 5.73 Å². The van der Waals surface area contributed by atoms with Crippen LogP contribution in [0.15, 0.2) is 0 Å². The molecule has 0 aromatic heterocycles. The van der Waals surface area contributed by atoms with Crippen LogP contribution in [-0.2, 0) is 0 Å². The molecule has 0 atom stereocenters. The minimum atomic E-state index is -0.872. The van der Waals surface area contributed by atoms with Gasteiger partial charge in [0.05, 0.1) is 0 Å². The Morgan fingerprint density at radius 2 is 1.91 bits per heavy atom. The Balaban J connectivity index is 3.02. The van der Waals surface area contributed by atoms with Crippen molar-refractivity contribution in [1.29, 1.82) is 0 Å². The lowest BCUT2D eigenvalue weighted by atomic mass is 10.6. The summed E-state index contributed by atoms with van der Waals surface area (Å²) in [7, 11) is -0.872. The molecule has 0 aromatic carbocycles. The zero-order valence-electron chi connectivity index (χ0n) is 7.81. The molecule has 0 aliphatic heterocycles. The van der Waals surface area contributed by atoms with Crippen LogP contribution in [0.2, 0.25) is 19.6 Å². The second-order valence-corrected chi connectivity index (χ2v) is 13.0. The maximum absolute atomic E-state index is 5.34. The Morgan fingerprint density at radius 3 is 2.36 bits per heavy atom. The van der Waals surface area contributed by atoms with Crippen molar-refractivity contribution in [3.8, 4) is 0 Å². The summed E-state index contributed by atoms with van der Waals surface area (Å²) >= 11 is 2.12. The summed E-state index contributed by atoms with van der Waals surface area (Å²) in [6.45, 7) is 9.93. The third kappa shape index (κ3) is 10.5. The molecule has 4 heteroatoms. The molecule has 0 radical (unpaired) electrons. The van der Waals surface area contributed by atoms with E-state index in [1.165, 1.54) is 5.75 Å². The van der Waals surface area contributed by atoms with E-state index in [0.717, 1.165) is 19.6 Å². The van der Waals surface area contributed by atoms with Crippen LogP contribution in [0.4, 0.5) is 0 Å². The molecular weight excluding hydrogens is 172 g/mol. The molecule has 0 spiro atoms. The van der Waals surface area contributed by atoms with E-state index in [0.29, 0.717) is 0 Å². The van der Waals surface area contributed by atoms with E-state index in [4.69, 9.17) is 5.73 Å². The summed E-state index contributed by atoms with van der Waals surface area (Å²) < 4.78 is 0. The average Bonchev–Trinajstić information content (AvgIpc) is 1.85. The number of hydrogen-bond donors (Lipinski definition) is 2. The standard InChI is InChI=1S/C7H20N2SSi/c1-11(2,3)10-7-6-9-5-4-8/h9H,4-8H2,1-3H3. The van der Waals surface area contributed by atoms with Gasteiger partial charge in [0.2, 0.25) is 0 Å². The second-order valence-electron chi connectivity index (χ2n) is 3.50. The van der Waals surface area contributed by atoms with E-state index in [-0.39, 0.29) is 0 Å². The maximum atomic E-state index is 5.34.